The van der Waals surface area contributed by atoms with E-state index >= 15 is 0 Å². The van der Waals surface area contributed by atoms with Crippen LogP contribution in [0.5, 0.6) is 0 Å². The van der Waals surface area contributed by atoms with Crippen molar-refractivity contribution in [3.05, 3.63) is 11.6 Å². The van der Waals surface area contributed by atoms with Crippen LogP contribution in [-0.2, 0) is 0 Å². The fourth-order valence-electron chi connectivity index (χ4n) is 1.50. The van der Waals surface area contributed by atoms with Gasteiger partial charge in [0, 0.05) is 5.41 Å². The largest absolute Gasteiger partial charge is 0.392 e. The summed E-state index contributed by atoms with van der Waals surface area (Å²) in [6.07, 6.45) is 2.58. The van der Waals surface area contributed by atoms with E-state index in [-0.39, 0.29) is 0 Å². The molecular weight excluding hydrogens is 152 g/mol. The average Bonchev–Trinajstić information content (AvgIpc) is 2.04. The second kappa shape index (κ2) is 3.19. The number of aliphatic hydroxyl groups is 2. The van der Waals surface area contributed by atoms with Crippen LogP contribution in [0.2, 0.25) is 0 Å². The summed E-state index contributed by atoms with van der Waals surface area (Å²) >= 11 is 0. The van der Waals surface area contributed by atoms with Gasteiger partial charge in [-0.1, -0.05) is 25.5 Å². The summed E-state index contributed by atoms with van der Waals surface area (Å²) in [5, 5.41) is 19.4. The van der Waals surface area contributed by atoms with Gasteiger partial charge in [0.25, 0.3) is 0 Å². The Balaban J connectivity index is 2.86. The third-order valence-corrected chi connectivity index (χ3v) is 2.88. The molecule has 0 saturated carbocycles. The molecule has 0 aliphatic heterocycles. The number of rotatable bonds is 0. The van der Waals surface area contributed by atoms with Crippen LogP contribution < -0.4 is 0 Å². The lowest BCUT2D eigenvalue weighted by Gasteiger charge is -2.32. The Labute approximate surface area is 73.9 Å². The summed E-state index contributed by atoms with van der Waals surface area (Å²) in [5.41, 5.74) is 0.768. The van der Waals surface area contributed by atoms with Gasteiger partial charge in [-0.3, -0.25) is 0 Å². The van der Waals surface area contributed by atoms with Gasteiger partial charge in [-0.2, -0.15) is 0 Å². The lowest BCUT2D eigenvalue weighted by Crippen LogP contribution is -2.38. The van der Waals surface area contributed by atoms with Crippen LogP contribution in [0.15, 0.2) is 11.6 Å². The first-order chi connectivity index (χ1) is 5.44. The van der Waals surface area contributed by atoms with E-state index in [0.717, 1.165) is 12.8 Å². The zero-order valence-corrected chi connectivity index (χ0v) is 8.04. The molecule has 0 aromatic carbocycles. The lowest BCUT2D eigenvalue weighted by molar-refractivity contribution is -0.0253. The van der Waals surface area contributed by atoms with Crippen LogP contribution in [0.3, 0.4) is 0 Å². The monoisotopic (exact) mass is 170 g/mol. The Bertz CT molecular complexity index is 194. The van der Waals surface area contributed by atoms with Crippen molar-refractivity contribution in [3.63, 3.8) is 0 Å². The quantitative estimate of drug-likeness (QED) is 0.540. The molecule has 2 atom stereocenters. The Kier molecular flexibility index (Phi) is 2.59. The van der Waals surface area contributed by atoms with Crippen molar-refractivity contribution in [3.8, 4) is 0 Å². The molecule has 0 bridgehead atoms. The molecule has 2 nitrogen and oxygen atoms in total. The topological polar surface area (TPSA) is 40.5 Å². The third-order valence-electron chi connectivity index (χ3n) is 2.88. The van der Waals surface area contributed by atoms with Crippen molar-refractivity contribution in [1.29, 1.82) is 0 Å². The van der Waals surface area contributed by atoms with E-state index in [1.165, 1.54) is 5.57 Å². The maximum Gasteiger partial charge on any atom is 0.0799 e. The average molecular weight is 170 g/mol. The molecule has 0 aromatic heterocycles. The van der Waals surface area contributed by atoms with E-state index in [1.54, 1.807) is 0 Å². The minimum atomic E-state index is -0.519. The van der Waals surface area contributed by atoms with Gasteiger partial charge < -0.3 is 10.2 Å². The summed E-state index contributed by atoms with van der Waals surface area (Å²) in [4.78, 5) is 0. The molecule has 0 fully saturated rings. The highest BCUT2D eigenvalue weighted by molar-refractivity contribution is 5.10. The van der Waals surface area contributed by atoms with Crippen LogP contribution in [-0.4, -0.2) is 22.4 Å². The van der Waals surface area contributed by atoms with Gasteiger partial charge in [0.1, 0.15) is 0 Å². The first kappa shape index (κ1) is 9.75. The first-order valence-electron chi connectivity index (χ1n) is 4.48. The Hall–Kier alpha value is -0.340. The molecule has 0 amide bonds. The molecule has 1 rings (SSSR count). The molecule has 0 aromatic rings. The van der Waals surface area contributed by atoms with E-state index in [1.807, 2.05) is 26.8 Å². The normalized spacial score (nSPS) is 35.6. The fraction of sp³-hybridized carbons (Fsp3) is 0.800. The van der Waals surface area contributed by atoms with Crippen molar-refractivity contribution >= 4 is 0 Å². The van der Waals surface area contributed by atoms with Gasteiger partial charge in [0.15, 0.2) is 0 Å². The Morgan fingerprint density at radius 1 is 1.42 bits per heavy atom. The number of hydrogen-bond acceptors (Lipinski definition) is 2. The van der Waals surface area contributed by atoms with Gasteiger partial charge in [-0.15, -0.1) is 0 Å². The van der Waals surface area contributed by atoms with Gasteiger partial charge in [-0.25, -0.2) is 0 Å². The second-order valence-electron chi connectivity index (χ2n) is 4.33. The molecule has 2 heteroatoms. The smallest absolute Gasteiger partial charge is 0.0799 e. The zero-order chi connectivity index (χ0) is 9.35. The molecular formula is C10H18O2. The van der Waals surface area contributed by atoms with Crippen molar-refractivity contribution in [1.82, 2.24) is 0 Å². The van der Waals surface area contributed by atoms with Crippen molar-refractivity contribution in [2.24, 2.45) is 5.41 Å². The van der Waals surface area contributed by atoms with Crippen molar-refractivity contribution in [2.75, 3.05) is 0 Å². The van der Waals surface area contributed by atoms with E-state index in [4.69, 9.17) is 0 Å². The summed E-state index contributed by atoms with van der Waals surface area (Å²) in [7, 11) is 0. The second-order valence-corrected chi connectivity index (χ2v) is 4.33. The highest BCUT2D eigenvalue weighted by Gasteiger charge is 2.35. The Morgan fingerprint density at radius 2 is 2.00 bits per heavy atom. The van der Waals surface area contributed by atoms with E-state index in [0.29, 0.717) is 0 Å². The number of hydrogen-bond donors (Lipinski definition) is 2. The summed E-state index contributed by atoms with van der Waals surface area (Å²) in [5.74, 6) is 0. The fourth-order valence-corrected chi connectivity index (χ4v) is 1.50. The molecule has 1 aliphatic rings. The third kappa shape index (κ3) is 1.70. The Morgan fingerprint density at radius 3 is 2.58 bits per heavy atom. The highest BCUT2D eigenvalue weighted by Crippen LogP contribution is 2.33. The summed E-state index contributed by atoms with van der Waals surface area (Å²) < 4.78 is 0. The molecule has 1 aliphatic carbocycles. The maximum absolute atomic E-state index is 9.72. The standard InChI is InChI=1S/C10H18O2/c1-7-4-5-8(11)10(2,3)9(12)6-7/h6,8-9,11-12H,4-5H2,1-3H3. The van der Waals surface area contributed by atoms with Crippen LogP contribution in [0.25, 0.3) is 0 Å². The maximum atomic E-state index is 9.72. The minimum absolute atomic E-state index is 0.402. The van der Waals surface area contributed by atoms with Crippen molar-refractivity contribution < 1.29 is 10.2 Å². The van der Waals surface area contributed by atoms with Crippen LogP contribution in [0.1, 0.15) is 33.6 Å². The number of allylic oxidation sites excluding steroid dienone is 1. The molecule has 2 N–H and O–H groups in total. The van der Waals surface area contributed by atoms with Crippen LogP contribution in [0, 0.1) is 5.41 Å². The van der Waals surface area contributed by atoms with Gasteiger partial charge >= 0.3 is 0 Å². The predicted octanol–water partition coefficient (Wildman–Crippen LogP) is 1.47. The van der Waals surface area contributed by atoms with Crippen LogP contribution in [0.4, 0.5) is 0 Å². The molecule has 0 heterocycles. The van der Waals surface area contributed by atoms with Gasteiger partial charge in [0.05, 0.1) is 12.2 Å². The van der Waals surface area contributed by atoms with E-state index in [2.05, 4.69) is 0 Å². The molecule has 0 radical (unpaired) electrons. The molecule has 0 spiro atoms. The SMILES string of the molecule is CC1=CC(O)C(C)(C)C(O)CC1. The highest BCUT2D eigenvalue weighted by atomic mass is 16.3. The van der Waals surface area contributed by atoms with E-state index in [9.17, 15) is 10.2 Å². The van der Waals surface area contributed by atoms with Crippen LogP contribution >= 0.6 is 0 Å². The zero-order valence-electron chi connectivity index (χ0n) is 8.04. The van der Waals surface area contributed by atoms with Gasteiger partial charge in [-0.05, 0) is 19.8 Å². The lowest BCUT2D eigenvalue weighted by atomic mass is 9.80. The molecule has 12 heavy (non-hydrogen) atoms. The molecule has 2 unspecified atom stereocenters. The minimum Gasteiger partial charge on any atom is -0.392 e. The number of aliphatic hydroxyl groups excluding tert-OH is 2. The molecule has 0 saturated heterocycles. The van der Waals surface area contributed by atoms with Gasteiger partial charge in [0.2, 0.25) is 0 Å². The summed E-state index contributed by atoms with van der Waals surface area (Å²) in [6.45, 7) is 5.80. The summed E-state index contributed by atoms with van der Waals surface area (Å²) in [6, 6.07) is 0. The molecule has 70 valence electrons. The first-order valence-corrected chi connectivity index (χ1v) is 4.48. The van der Waals surface area contributed by atoms with Crippen molar-refractivity contribution in [2.45, 2.75) is 45.8 Å². The van der Waals surface area contributed by atoms with E-state index < -0.39 is 17.6 Å². The predicted molar refractivity (Wildman–Crippen MR) is 48.8 cm³/mol.